The summed E-state index contributed by atoms with van der Waals surface area (Å²) in [5.41, 5.74) is 1.83. The molecule has 0 unspecified atom stereocenters. The van der Waals surface area contributed by atoms with Crippen LogP contribution in [0.25, 0.3) is 10.9 Å². The fourth-order valence-corrected chi connectivity index (χ4v) is 3.85. The molecule has 8 heteroatoms. The van der Waals surface area contributed by atoms with Gasteiger partial charge in [-0.25, -0.2) is 4.79 Å². The Kier molecular flexibility index (Phi) is 7.10. The molecule has 3 rings (SSSR count). The smallest absolute Gasteiger partial charge is 0.326 e. The van der Waals surface area contributed by atoms with E-state index in [-0.39, 0.29) is 24.3 Å². The third-order valence-corrected chi connectivity index (χ3v) is 5.89. The van der Waals surface area contributed by atoms with Gasteiger partial charge in [0.1, 0.15) is 12.1 Å². The minimum absolute atomic E-state index is 0.229. The van der Waals surface area contributed by atoms with Crippen LogP contribution >= 0.6 is 0 Å². The molecule has 0 aliphatic carbocycles. The quantitative estimate of drug-likeness (QED) is 0.426. The Morgan fingerprint density at radius 2 is 2.00 bits per heavy atom. The number of carbonyl (C=O) groups excluding carboxylic acids is 2. The highest BCUT2D eigenvalue weighted by Crippen LogP contribution is 2.20. The van der Waals surface area contributed by atoms with Gasteiger partial charge in [-0.1, -0.05) is 38.5 Å². The first-order valence-corrected chi connectivity index (χ1v) is 10.5. The standard InChI is InChI=1S/C22H30N4O4/c1-3-13(2)19(22(29)30)26-21(28)18(25-20(27)17-9-6-10-23-17)11-14-12-24-16-8-5-4-7-15(14)16/h4-5,7-8,12-13,17-19,23-24H,3,6,9-11H2,1-2H3,(H,25,27)(H,26,28)(H,29,30)/t13-,17-,18-,19-/m0/s1. The van der Waals surface area contributed by atoms with Crippen molar-refractivity contribution in [3.8, 4) is 0 Å². The second-order valence-electron chi connectivity index (χ2n) is 7.98. The maximum atomic E-state index is 13.1. The Hall–Kier alpha value is -2.87. The van der Waals surface area contributed by atoms with Crippen LogP contribution < -0.4 is 16.0 Å². The van der Waals surface area contributed by atoms with Gasteiger partial charge >= 0.3 is 5.97 Å². The van der Waals surface area contributed by atoms with Crippen molar-refractivity contribution in [2.75, 3.05) is 6.54 Å². The molecular formula is C22H30N4O4. The van der Waals surface area contributed by atoms with E-state index >= 15 is 0 Å². The zero-order valence-electron chi connectivity index (χ0n) is 17.4. The average molecular weight is 415 g/mol. The molecule has 2 amide bonds. The van der Waals surface area contributed by atoms with Gasteiger partial charge in [-0.15, -0.1) is 0 Å². The number of fused-ring (bicyclic) bond motifs is 1. The van der Waals surface area contributed by atoms with Crippen molar-refractivity contribution in [2.24, 2.45) is 5.92 Å². The van der Waals surface area contributed by atoms with Crippen LogP contribution in [0.5, 0.6) is 0 Å². The van der Waals surface area contributed by atoms with Gasteiger partial charge in [-0.3, -0.25) is 9.59 Å². The summed E-state index contributed by atoms with van der Waals surface area (Å²) < 4.78 is 0. The molecule has 5 N–H and O–H groups in total. The first-order valence-electron chi connectivity index (χ1n) is 10.5. The van der Waals surface area contributed by atoms with Crippen LogP contribution in [-0.4, -0.2) is 52.5 Å². The van der Waals surface area contributed by atoms with Crippen molar-refractivity contribution < 1.29 is 19.5 Å². The Labute approximate surface area is 175 Å². The number of H-pyrrole nitrogens is 1. The van der Waals surface area contributed by atoms with Gasteiger partial charge in [-0.2, -0.15) is 0 Å². The van der Waals surface area contributed by atoms with Crippen LogP contribution in [0.2, 0.25) is 0 Å². The molecule has 2 heterocycles. The van der Waals surface area contributed by atoms with Crippen LogP contribution in [0.4, 0.5) is 0 Å². The summed E-state index contributed by atoms with van der Waals surface area (Å²) in [6, 6.07) is 5.53. The fourth-order valence-electron chi connectivity index (χ4n) is 3.85. The van der Waals surface area contributed by atoms with Gasteiger partial charge in [0, 0.05) is 23.5 Å². The second kappa shape index (κ2) is 9.75. The number of amides is 2. The van der Waals surface area contributed by atoms with Crippen LogP contribution in [0, 0.1) is 5.92 Å². The molecule has 0 radical (unpaired) electrons. The highest BCUT2D eigenvalue weighted by atomic mass is 16.4. The number of carboxylic acids is 1. The molecule has 1 aromatic heterocycles. The van der Waals surface area contributed by atoms with E-state index in [2.05, 4.69) is 20.9 Å². The first kappa shape index (κ1) is 21.8. The average Bonchev–Trinajstić information content (AvgIpc) is 3.41. The number of nitrogens with one attached hydrogen (secondary N) is 4. The van der Waals surface area contributed by atoms with Crippen molar-refractivity contribution in [1.82, 2.24) is 20.9 Å². The number of rotatable bonds is 9. The summed E-state index contributed by atoms with van der Waals surface area (Å²) in [7, 11) is 0. The predicted molar refractivity (Wildman–Crippen MR) is 114 cm³/mol. The fraction of sp³-hybridized carbons (Fsp3) is 0.500. The summed E-state index contributed by atoms with van der Waals surface area (Å²) in [6.07, 6.45) is 4.34. The molecule has 1 aliphatic heterocycles. The second-order valence-corrected chi connectivity index (χ2v) is 7.98. The van der Waals surface area contributed by atoms with Crippen LogP contribution in [0.15, 0.2) is 30.5 Å². The number of hydrogen-bond donors (Lipinski definition) is 5. The highest BCUT2D eigenvalue weighted by molar-refractivity contribution is 5.93. The molecule has 4 atom stereocenters. The Bertz CT molecular complexity index is 903. The van der Waals surface area contributed by atoms with E-state index in [0.717, 1.165) is 35.9 Å². The largest absolute Gasteiger partial charge is 0.480 e. The minimum atomic E-state index is -1.08. The Balaban J connectivity index is 1.81. The van der Waals surface area contributed by atoms with Crippen LogP contribution in [-0.2, 0) is 20.8 Å². The molecule has 1 aliphatic rings. The maximum absolute atomic E-state index is 13.1. The summed E-state index contributed by atoms with van der Waals surface area (Å²) >= 11 is 0. The van der Waals surface area contributed by atoms with Crippen molar-refractivity contribution >= 4 is 28.7 Å². The Morgan fingerprint density at radius 1 is 1.23 bits per heavy atom. The summed E-state index contributed by atoms with van der Waals surface area (Å²) in [5.74, 6) is -2.03. The van der Waals surface area contributed by atoms with Gasteiger partial charge in [0.15, 0.2) is 0 Å². The molecule has 8 nitrogen and oxygen atoms in total. The van der Waals surface area contributed by atoms with Gasteiger partial charge in [-0.05, 0) is 36.9 Å². The zero-order valence-corrected chi connectivity index (χ0v) is 17.4. The number of hydrogen-bond acceptors (Lipinski definition) is 4. The molecule has 0 spiro atoms. The van der Waals surface area contributed by atoms with E-state index in [0.29, 0.717) is 6.42 Å². The van der Waals surface area contributed by atoms with E-state index in [1.165, 1.54) is 0 Å². The number of carboxylic acid groups (broad SMARTS) is 1. The zero-order chi connectivity index (χ0) is 21.7. The van der Waals surface area contributed by atoms with Gasteiger partial charge < -0.3 is 26.0 Å². The highest BCUT2D eigenvalue weighted by Gasteiger charge is 2.32. The molecule has 1 aromatic carbocycles. The molecule has 30 heavy (non-hydrogen) atoms. The number of aromatic nitrogens is 1. The number of carbonyl (C=O) groups is 3. The van der Waals surface area contributed by atoms with E-state index in [1.807, 2.05) is 37.4 Å². The molecule has 0 bridgehead atoms. The van der Waals surface area contributed by atoms with Crippen LogP contribution in [0.3, 0.4) is 0 Å². The van der Waals surface area contributed by atoms with E-state index < -0.39 is 24.0 Å². The number of aliphatic carboxylic acids is 1. The van der Waals surface area contributed by atoms with Gasteiger partial charge in [0.05, 0.1) is 6.04 Å². The Morgan fingerprint density at radius 3 is 2.67 bits per heavy atom. The summed E-state index contributed by atoms with van der Waals surface area (Å²) in [5, 5.41) is 19.1. The molecule has 0 saturated carbocycles. The van der Waals surface area contributed by atoms with Gasteiger partial charge in [0.25, 0.3) is 0 Å². The van der Waals surface area contributed by atoms with Crippen molar-refractivity contribution in [2.45, 2.75) is 57.7 Å². The van der Waals surface area contributed by atoms with E-state index in [9.17, 15) is 19.5 Å². The SMILES string of the molecule is CC[C@H](C)[C@H](NC(=O)[C@H](Cc1c[nH]c2ccccc12)NC(=O)[C@@H]1CCCN1)C(=O)O. The van der Waals surface area contributed by atoms with Crippen molar-refractivity contribution in [1.29, 1.82) is 0 Å². The third-order valence-electron chi connectivity index (χ3n) is 5.89. The number of benzene rings is 1. The lowest BCUT2D eigenvalue weighted by Gasteiger charge is -2.25. The van der Waals surface area contributed by atoms with Gasteiger partial charge in [0.2, 0.25) is 11.8 Å². The van der Waals surface area contributed by atoms with Crippen LogP contribution in [0.1, 0.15) is 38.7 Å². The van der Waals surface area contributed by atoms with Crippen molar-refractivity contribution in [3.05, 3.63) is 36.0 Å². The number of para-hydroxylation sites is 1. The summed E-state index contributed by atoms with van der Waals surface area (Å²) in [4.78, 5) is 40.6. The van der Waals surface area contributed by atoms with Crippen molar-refractivity contribution in [3.63, 3.8) is 0 Å². The lowest BCUT2D eigenvalue weighted by molar-refractivity contribution is -0.143. The first-order chi connectivity index (χ1) is 14.4. The molecular weight excluding hydrogens is 384 g/mol. The number of aromatic amines is 1. The van der Waals surface area contributed by atoms with E-state index in [4.69, 9.17) is 0 Å². The monoisotopic (exact) mass is 414 g/mol. The molecule has 1 fully saturated rings. The summed E-state index contributed by atoms with van der Waals surface area (Å²) in [6.45, 7) is 4.44. The maximum Gasteiger partial charge on any atom is 0.326 e. The third kappa shape index (κ3) is 4.99. The van der Waals surface area contributed by atoms with E-state index in [1.54, 1.807) is 6.92 Å². The molecule has 1 saturated heterocycles. The normalized spacial score (nSPS) is 19.2. The molecule has 162 valence electrons. The topological polar surface area (TPSA) is 123 Å². The molecule has 2 aromatic rings. The lowest BCUT2D eigenvalue weighted by atomic mass is 9.98. The minimum Gasteiger partial charge on any atom is -0.480 e. The lowest BCUT2D eigenvalue weighted by Crippen LogP contribution is -2.56. The predicted octanol–water partition coefficient (Wildman–Crippen LogP) is 1.56.